The zero-order valence-electron chi connectivity index (χ0n) is 21.0. The summed E-state index contributed by atoms with van der Waals surface area (Å²) in [6.07, 6.45) is 10.8. The molecule has 1 aromatic rings. The fourth-order valence-corrected chi connectivity index (χ4v) is 7.71. The first-order valence-electron chi connectivity index (χ1n) is 13.6. The molecule has 0 spiro atoms. The van der Waals surface area contributed by atoms with E-state index in [1.165, 1.54) is 51.4 Å². The predicted molar refractivity (Wildman–Crippen MR) is 137 cm³/mol. The number of benzene rings is 1. The van der Waals surface area contributed by atoms with E-state index >= 15 is 0 Å². The van der Waals surface area contributed by atoms with Crippen molar-refractivity contribution in [1.29, 1.82) is 0 Å². The van der Waals surface area contributed by atoms with Crippen LogP contribution in [0.3, 0.4) is 0 Å². The number of anilines is 2. The molecule has 1 atom stereocenters. The summed E-state index contributed by atoms with van der Waals surface area (Å²) < 4.78 is 0. The molecule has 7 heteroatoms. The summed E-state index contributed by atoms with van der Waals surface area (Å²) in [5, 5.41) is 8.62. The van der Waals surface area contributed by atoms with E-state index in [0.29, 0.717) is 6.42 Å². The van der Waals surface area contributed by atoms with Crippen molar-refractivity contribution in [2.45, 2.75) is 77.2 Å². The summed E-state index contributed by atoms with van der Waals surface area (Å²) in [6.45, 7) is 3.89. The highest BCUT2D eigenvalue weighted by Gasteiger charge is 2.51. The van der Waals surface area contributed by atoms with Crippen LogP contribution < -0.4 is 20.9 Å². The van der Waals surface area contributed by atoms with Gasteiger partial charge < -0.3 is 20.9 Å². The predicted octanol–water partition coefficient (Wildman–Crippen LogP) is 3.84. The van der Waals surface area contributed by atoms with Gasteiger partial charge in [0.1, 0.15) is 0 Å². The first-order valence-corrected chi connectivity index (χ1v) is 13.6. The molecule has 1 saturated heterocycles. The van der Waals surface area contributed by atoms with Crippen molar-refractivity contribution in [2.75, 3.05) is 29.9 Å². The Morgan fingerprint density at radius 1 is 0.971 bits per heavy atom. The SMILES string of the molecule is CC(CC(=O)Nc1cccc(N2CCCC2)c1)NC(=O)CNC(=O)CC12CC3CC(CC(C3)C1)C2. The molecule has 190 valence electrons. The molecule has 7 nitrogen and oxygen atoms in total. The molecule has 4 aliphatic carbocycles. The summed E-state index contributed by atoms with van der Waals surface area (Å²) in [5.74, 6) is 2.04. The smallest absolute Gasteiger partial charge is 0.239 e. The molecule has 5 fully saturated rings. The van der Waals surface area contributed by atoms with Crippen LogP contribution in [0.5, 0.6) is 0 Å². The van der Waals surface area contributed by atoms with E-state index in [1.54, 1.807) is 0 Å². The molecule has 3 amide bonds. The zero-order valence-corrected chi connectivity index (χ0v) is 21.0. The van der Waals surface area contributed by atoms with Gasteiger partial charge in [0.05, 0.1) is 6.54 Å². The minimum Gasteiger partial charge on any atom is -0.371 e. The molecular weight excluding hydrogens is 440 g/mol. The molecule has 4 saturated carbocycles. The third-order valence-corrected chi connectivity index (χ3v) is 8.65. The van der Waals surface area contributed by atoms with Gasteiger partial charge >= 0.3 is 0 Å². The summed E-state index contributed by atoms with van der Waals surface area (Å²) in [4.78, 5) is 39.9. The second kappa shape index (κ2) is 10.2. The highest BCUT2D eigenvalue weighted by atomic mass is 16.2. The third-order valence-electron chi connectivity index (χ3n) is 8.65. The maximum Gasteiger partial charge on any atom is 0.239 e. The molecule has 0 aromatic heterocycles. The van der Waals surface area contributed by atoms with Crippen molar-refractivity contribution >= 4 is 29.1 Å². The van der Waals surface area contributed by atoms with Crippen LogP contribution in [0.25, 0.3) is 0 Å². The minimum absolute atomic E-state index is 0.00891. The number of nitrogens with one attached hydrogen (secondary N) is 3. The van der Waals surface area contributed by atoms with Crippen LogP contribution in [0.15, 0.2) is 24.3 Å². The van der Waals surface area contributed by atoms with Crippen molar-refractivity contribution < 1.29 is 14.4 Å². The van der Waals surface area contributed by atoms with Crippen molar-refractivity contribution in [2.24, 2.45) is 23.2 Å². The molecule has 35 heavy (non-hydrogen) atoms. The van der Waals surface area contributed by atoms with E-state index < -0.39 is 0 Å². The molecular formula is C28H40N4O3. The lowest BCUT2D eigenvalue weighted by Gasteiger charge is -2.56. The molecule has 5 aliphatic rings. The Morgan fingerprint density at radius 3 is 2.29 bits per heavy atom. The van der Waals surface area contributed by atoms with Gasteiger partial charge in [0.2, 0.25) is 17.7 Å². The van der Waals surface area contributed by atoms with Gasteiger partial charge in [-0.15, -0.1) is 0 Å². The summed E-state index contributed by atoms with van der Waals surface area (Å²) in [7, 11) is 0. The van der Waals surface area contributed by atoms with Gasteiger partial charge in [-0.05, 0) is 99.7 Å². The standard InChI is InChI=1S/C28H40N4O3/c1-19(9-25(33)31-23-5-4-6-24(13-23)32-7-2-3-8-32)30-27(35)18-29-26(34)17-28-14-20-10-21(15-28)12-22(11-20)16-28/h4-6,13,19-22H,2-3,7-12,14-18H2,1H3,(H,29,34)(H,30,35)(H,31,33). The summed E-state index contributed by atoms with van der Waals surface area (Å²) >= 11 is 0. The number of rotatable bonds is 9. The lowest BCUT2D eigenvalue weighted by atomic mass is 9.49. The lowest BCUT2D eigenvalue weighted by Crippen LogP contribution is -2.49. The van der Waals surface area contributed by atoms with E-state index in [0.717, 1.165) is 42.2 Å². The zero-order chi connectivity index (χ0) is 24.4. The Morgan fingerprint density at radius 2 is 1.63 bits per heavy atom. The van der Waals surface area contributed by atoms with Gasteiger partial charge in [-0.25, -0.2) is 0 Å². The maximum absolute atomic E-state index is 12.7. The number of hydrogen-bond acceptors (Lipinski definition) is 4. The Hall–Kier alpha value is -2.57. The highest BCUT2D eigenvalue weighted by molar-refractivity contribution is 5.92. The second-order valence-corrected chi connectivity index (χ2v) is 11.8. The molecule has 1 aliphatic heterocycles. The van der Waals surface area contributed by atoms with Crippen LogP contribution in [-0.4, -0.2) is 43.4 Å². The topological polar surface area (TPSA) is 90.5 Å². The first-order chi connectivity index (χ1) is 16.9. The normalized spacial score (nSPS) is 29.6. The van der Waals surface area contributed by atoms with E-state index in [9.17, 15) is 14.4 Å². The van der Waals surface area contributed by atoms with Crippen LogP contribution in [0.1, 0.15) is 71.1 Å². The fraction of sp³-hybridized carbons (Fsp3) is 0.679. The Bertz CT molecular complexity index is 920. The highest BCUT2D eigenvalue weighted by Crippen LogP contribution is 2.61. The van der Waals surface area contributed by atoms with Gasteiger partial charge in [-0.1, -0.05) is 6.07 Å². The molecule has 4 bridgehead atoms. The van der Waals surface area contributed by atoms with Gasteiger partial charge in [-0.3, -0.25) is 14.4 Å². The molecule has 3 N–H and O–H groups in total. The number of carbonyl (C=O) groups is 3. The number of hydrogen-bond donors (Lipinski definition) is 3. The third kappa shape index (κ3) is 5.99. The Balaban J connectivity index is 1.02. The van der Waals surface area contributed by atoms with Gasteiger partial charge in [0.15, 0.2) is 0 Å². The van der Waals surface area contributed by atoms with Crippen LogP contribution >= 0.6 is 0 Å². The van der Waals surface area contributed by atoms with Crippen LogP contribution in [0.2, 0.25) is 0 Å². The molecule has 1 unspecified atom stereocenters. The lowest BCUT2D eigenvalue weighted by molar-refractivity contribution is -0.132. The van der Waals surface area contributed by atoms with Gasteiger partial charge in [0, 0.05) is 43.3 Å². The number of amides is 3. The van der Waals surface area contributed by atoms with E-state index in [-0.39, 0.29) is 42.1 Å². The van der Waals surface area contributed by atoms with E-state index in [1.807, 2.05) is 25.1 Å². The molecule has 1 aromatic carbocycles. The molecule has 0 radical (unpaired) electrons. The van der Waals surface area contributed by atoms with Crippen LogP contribution in [0, 0.1) is 23.2 Å². The minimum atomic E-state index is -0.315. The summed E-state index contributed by atoms with van der Waals surface area (Å²) in [6, 6.07) is 7.61. The average Bonchev–Trinajstić information content (AvgIpc) is 3.31. The Kier molecular flexibility index (Phi) is 7.03. The fourth-order valence-electron chi connectivity index (χ4n) is 7.71. The number of carbonyl (C=O) groups excluding carboxylic acids is 3. The average molecular weight is 481 g/mol. The monoisotopic (exact) mass is 480 g/mol. The second-order valence-electron chi connectivity index (χ2n) is 11.8. The van der Waals surface area contributed by atoms with Crippen LogP contribution in [-0.2, 0) is 14.4 Å². The van der Waals surface area contributed by atoms with Crippen LogP contribution in [0.4, 0.5) is 11.4 Å². The quantitative estimate of drug-likeness (QED) is 0.501. The largest absolute Gasteiger partial charge is 0.371 e. The van der Waals surface area contributed by atoms with Crippen molar-refractivity contribution in [3.05, 3.63) is 24.3 Å². The molecule has 6 rings (SSSR count). The Labute approximate surface area is 208 Å². The summed E-state index contributed by atoms with van der Waals surface area (Å²) in [5.41, 5.74) is 2.08. The van der Waals surface area contributed by atoms with Gasteiger partial charge in [0.25, 0.3) is 0 Å². The maximum atomic E-state index is 12.7. The van der Waals surface area contributed by atoms with E-state index in [2.05, 4.69) is 26.9 Å². The van der Waals surface area contributed by atoms with Gasteiger partial charge in [-0.2, -0.15) is 0 Å². The first kappa shape index (κ1) is 24.1. The van der Waals surface area contributed by atoms with Crippen molar-refractivity contribution in [1.82, 2.24) is 10.6 Å². The van der Waals surface area contributed by atoms with Crippen molar-refractivity contribution in [3.63, 3.8) is 0 Å². The van der Waals surface area contributed by atoms with E-state index in [4.69, 9.17) is 0 Å². The van der Waals surface area contributed by atoms with Crippen molar-refractivity contribution in [3.8, 4) is 0 Å². The number of nitrogens with zero attached hydrogens (tertiary/aromatic N) is 1. The molecule has 1 heterocycles.